The van der Waals surface area contributed by atoms with E-state index in [0.717, 1.165) is 0 Å². The molecule has 1 aliphatic rings. The van der Waals surface area contributed by atoms with E-state index in [0.29, 0.717) is 30.4 Å². The first kappa shape index (κ1) is 15.1. The van der Waals surface area contributed by atoms with Gasteiger partial charge in [0, 0.05) is 30.6 Å². The Morgan fingerprint density at radius 1 is 1.60 bits per heavy atom. The molecule has 3 atom stereocenters. The van der Waals surface area contributed by atoms with Crippen LogP contribution in [0.1, 0.15) is 6.92 Å². The number of nitrogens with one attached hydrogen (secondary N) is 2. The third-order valence-electron chi connectivity index (χ3n) is 3.32. The summed E-state index contributed by atoms with van der Waals surface area (Å²) in [7, 11) is 0. The highest BCUT2D eigenvalue weighted by Crippen LogP contribution is 2.18. The van der Waals surface area contributed by atoms with Crippen LogP contribution in [-0.4, -0.2) is 42.9 Å². The molecule has 20 heavy (non-hydrogen) atoms. The summed E-state index contributed by atoms with van der Waals surface area (Å²) in [5.41, 5.74) is 0. The van der Waals surface area contributed by atoms with Crippen LogP contribution in [0, 0.1) is 5.92 Å². The van der Waals surface area contributed by atoms with Gasteiger partial charge in [-0.15, -0.1) is 0 Å². The molecule has 6 heteroatoms. The van der Waals surface area contributed by atoms with E-state index < -0.39 is 12.2 Å². The molecule has 1 aromatic carbocycles. The molecule has 5 nitrogen and oxygen atoms in total. The SMILES string of the molecule is CC(Oc1cccc(Cl)c1)C(=O)NCC1CNCC1O. The summed E-state index contributed by atoms with van der Waals surface area (Å²) in [5.74, 6) is 0.407. The average Bonchev–Trinajstić information content (AvgIpc) is 2.81. The predicted octanol–water partition coefficient (Wildman–Crippen LogP) is 0.804. The van der Waals surface area contributed by atoms with Crippen LogP contribution >= 0.6 is 11.6 Å². The molecule has 1 fully saturated rings. The van der Waals surface area contributed by atoms with E-state index >= 15 is 0 Å². The lowest BCUT2D eigenvalue weighted by molar-refractivity contribution is -0.127. The van der Waals surface area contributed by atoms with Crippen molar-refractivity contribution in [2.24, 2.45) is 5.92 Å². The van der Waals surface area contributed by atoms with Crippen LogP contribution < -0.4 is 15.4 Å². The molecule has 1 saturated heterocycles. The van der Waals surface area contributed by atoms with Gasteiger partial charge in [0.25, 0.3) is 5.91 Å². The van der Waals surface area contributed by atoms with Crippen molar-refractivity contribution in [3.63, 3.8) is 0 Å². The molecule has 0 bridgehead atoms. The highest BCUT2D eigenvalue weighted by molar-refractivity contribution is 6.30. The molecule has 0 radical (unpaired) electrons. The van der Waals surface area contributed by atoms with Crippen LogP contribution in [0.4, 0.5) is 0 Å². The van der Waals surface area contributed by atoms with Gasteiger partial charge in [0.1, 0.15) is 5.75 Å². The second-order valence-electron chi connectivity index (χ2n) is 4.95. The molecule has 2 rings (SSSR count). The molecule has 3 N–H and O–H groups in total. The third-order valence-corrected chi connectivity index (χ3v) is 3.56. The van der Waals surface area contributed by atoms with Crippen molar-refractivity contribution in [3.8, 4) is 5.75 Å². The zero-order chi connectivity index (χ0) is 14.5. The summed E-state index contributed by atoms with van der Waals surface area (Å²) >= 11 is 5.86. The first-order chi connectivity index (χ1) is 9.56. The Morgan fingerprint density at radius 2 is 2.40 bits per heavy atom. The smallest absolute Gasteiger partial charge is 0.260 e. The zero-order valence-corrected chi connectivity index (χ0v) is 12.1. The molecule has 1 amide bonds. The maximum atomic E-state index is 11.9. The van der Waals surface area contributed by atoms with Crippen LogP contribution in [0.2, 0.25) is 5.02 Å². The van der Waals surface area contributed by atoms with Crippen molar-refractivity contribution in [2.75, 3.05) is 19.6 Å². The Bertz CT molecular complexity index is 469. The minimum absolute atomic E-state index is 0.0531. The number of ether oxygens (including phenoxy) is 1. The van der Waals surface area contributed by atoms with E-state index in [2.05, 4.69) is 10.6 Å². The average molecular weight is 299 g/mol. The fraction of sp³-hybridized carbons (Fsp3) is 0.500. The highest BCUT2D eigenvalue weighted by Gasteiger charge is 2.26. The van der Waals surface area contributed by atoms with E-state index in [1.54, 1.807) is 31.2 Å². The Labute approximate surface area is 123 Å². The molecule has 0 aromatic heterocycles. The molecule has 0 spiro atoms. The number of hydrogen-bond donors (Lipinski definition) is 3. The number of carbonyl (C=O) groups excluding carboxylic acids is 1. The van der Waals surface area contributed by atoms with E-state index in [-0.39, 0.29) is 11.8 Å². The molecule has 3 unspecified atom stereocenters. The monoisotopic (exact) mass is 298 g/mol. The summed E-state index contributed by atoms with van der Waals surface area (Å²) in [6.07, 6.45) is -1.01. The fourth-order valence-corrected chi connectivity index (χ4v) is 2.28. The van der Waals surface area contributed by atoms with Gasteiger partial charge >= 0.3 is 0 Å². The summed E-state index contributed by atoms with van der Waals surface area (Å²) in [6, 6.07) is 6.92. The first-order valence-electron chi connectivity index (χ1n) is 6.65. The Morgan fingerprint density at radius 3 is 3.05 bits per heavy atom. The van der Waals surface area contributed by atoms with Crippen molar-refractivity contribution >= 4 is 17.5 Å². The van der Waals surface area contributed by atoms with Crippen LogP contribution in [0.3, 0.4) is 0 Å². The van der Waals surface area contributed by atoms with Gasteiger partial charge in [-0.1, -0.05) is 17.7 Å². The van der Waals surface area contributed by atoms with Crippen molar-refractivity contribution in [3.05, 3.63) is 29.3 Å². The summed E-state index contributed by atoms with van der Waals surface area (Å²) < 4.78 is 5.52. The number of benzene rings is 1. The second kappa shape index (κ2) is 6.92. The number of carbonyl (C=O) groups is 1. The van der Waals surface area contributed by atoms with Gasteiger partial charge < -0.3 is 20.5 Å². The van der Waals surface area contributed by atoms with Gasteiger partial charge in [-0.2, -0.15) is 0 Å². The largest absolute Gasteiger partial charge is 0.481 e. The number of hydrogen-bond acceptors (Lipinski definition) is 4. The van der Waals surface area contributed by atoms with E-state index in [1.165, 1.54) is 0 Å². The third kappa shape index (κ3) is 4.10. The number of β-amino-alcohol motifs (C(OH)–C–C–N with tert-alkyl or cyclic N) is 1. The van der Waals surface area contributed by atoms with Gasteiger partial charge in [0.2, 0.25) is 0 Å². The number of halogens is 1. The summed E-state index contributed by atoms with van der Waals surface area (Å²) in [4.78, 5) is 11.9. The fourth-order valence-electron chi connectivity index (χ4n) is 2.10. The molecule has 1 aliphatic heterocycles. The minimum atomic E-state index is -0.611. The molecular formula is C14H19ClN2O3. The molecule has 0 aliphatic carbocycles. The number of rotatable bonds is 5. The summed E-state index contributed by atoms with van der Waals surface area (Å²) in [5, 5.41) is 16.1. The lowest BCUT2D eigenvalue weighted by Gasteiger charge is -2.18. The van der Waals surface area contributed by atoms with Crippen LogP contribution in [-0.2, 0) is 4.79 Å². The predicted molar refractivity (Wildman–Crippen MR) is 76.9 cm³/mol. The quantitative estimate of drug-likeness (QED) is 0.752. The normalized spacial score (nSPS) is 23.4. The number of aliphatic hydroxyl groups is 1. The maximum Gasteiger partial charge on any atom is 0.260 e. The molecule has 0 saturated carbocycles. The first-order valence-corrected chi connectivity index (χ1v) is 7.03. The lowest BCUT2D eigenvalue weighted by Crippen LogP contribution is -2.41. The van der Waals surface area contributed by atoms with Crippen molar-refractivity contribution in [1.29, 1.82) is 0 Å². The lowest BCUT2D eigenvalue weighted by atomic mass is 10.1. The van der Waals surface area contributed by atoms with Crippen molar-refractivity contribution < 1.29 is 14.6 Å². The van der Waals surface area contributed by atoms with Gasteiger partial charge in [0.15, 0.2) is 6.10 Å². The number of aliphatic hydroxyl groups excluding tert-OH is 1. The topological polar surface area (TPSA) is 70.6 Å². The van der Waals surface area contributed by atoms with Crippen LogP contribution in [0.5, 0.6) is 5.75 Å². The van der Waals surface area contributed by atoms with Crippen molar-refractivity contribution in [1.82, 2.24) is 10.6 Å². The Kier molecular flexibility index (Phi) is 5.23. The molecule has 1 aromatic rings. The van der Waals surface area contributed by atoms with Gasteiger partial charge in [-0.3, -0.25) is 4.79 Å². The Balaban J connectivity index is 1.80. The molecular weight excluding hydrogens is 280 g/mol. The van der Waals surface area contributed by atoms with Crippen molar-refractivity contribution in [2.45, 2.75) is 19.1 Å². The van der Waals surface area contributed by atoms with Crippen LogP contribution in [0.15, 0.2) is 24.3 Å². The maximum absolute atomic E-state index is 11.9. The molecule has 110 valence electrons. The second-order valence-corrected chi connectivity index (χ2v) is 5.38. The summed E-state index contributed by atoms with van der Waals surface area (Å²) in [6.45, 7) is 3.41. The Hall–Kier alpha value is -1.30. The van der Waals surface area contributed by atoms with Gasteiger partial charge in [-0.05, 0) is 25.1 Å². The van der Waals surface area contributed by atoms with E-state index in [1.807, 2.05) is 0 Å². The van der Waals surface area contributed by atoms with E-state index in [4.69, 9.17) is 16.3 Å². The van der Waals surface area contributed by atoms with E-state index in [9.17, 15) is 9.90 Å². The van der Waals surface area contributed by atoms with Gasteiger partial charge in [0.05, 0.1) is 6.10 Å². The van der Waals surface area contributed by atoms with Crippen LogP contribution in [0.25, 0.3) is 0 Å². The highest BCUT2D eigenvalue weighted by atomic mass is 35.5. The molecule has 1 heterocycles. The standard InChI is InChI=1S/C14H19ClN2O3/c1-9(20-12-4-2-3-11(15)5-12)14(19)17-7-10-6-16-8-13(10)18/h2-5,9-10,13,16,18H,6-8H2,1H3,(H,17,19). The minimum Gasteiger partial charge on any atom is -0.481 e. The van der Waals surface area contributed by atoms with Gasteiger partial charge in [-0.25, -0.2) is 0 Å². The number of amides is 1. The zero-order valence-electron chi connectivity index (χ0n) is 11.3.